The van der Waals surface area contributed by atoms with E-state index in [9.17, 15) is 9.59 Å². The molecule has 1 aromatic rings. The molecule has 5 heteroatoms. The van der Waals surface area contributed by atoms with Gasteiger partial charge >= 0.3 is 0 Å². The van der Waals surface area contributed by atoms with Gasteiger partial charge in [-0.3, -0.25) is 9.59 Å². The van der Waals surface area contributed by atoms with Gasteiger partial charge in [0.25, 0.3) is 5.91 Å². The molecule has 0 saturated carbocycles. The summed E-state index contributed by atoms with van der Waals surface area (Å²) in [7, 11) is 1.73. The first-order valence-corrected chi connectivity index (χ1v) is 9.47. The maximum Gasteiger partial charge on any atom is 0.254 e. The number of benzene rings is 1. The average molecular weight is 358 g/mol. The molecule has 1 aromatic carbocycles. The van der Waals surface area contributed by atoms with Crippen molar-refractivity contribution in [2.45, 2.75) is 33.6 Å². The van der Waals surface area contributed by atoms with Crippen LogP contribution in [-0.2, 0) is 9.53 Å². The van der Waals surface area contributed by atoms with E-state index in [-0.39, 0.29) is 17.2 Å². The van der Waals surface area contributed by atoms with Crippen LogP contribution in [0, 0.1) is 25.2 Å². The topological polar surface area (TPSA) is 49.9 Å². The van der Waals surface area contributed by atoms with Crippen molar-refractivity contribution in [1.29, 1.82) is 0 Å². The van der Waals surface area contributed by atoms with Gasteiger partial charge in [-0.2, -0.15) is 0 Å². The minimum absolute atomic E-state index is 0.0841. The highest BCUT2D eigenvalue weighted by Gasteiger charge is 2.49. The number of carbonyl (C=O) groups is 2. The van der Waals surface area contributed by atoms with Gasteiger partial charge in [-0.05, 0) is 43.7 Å². The van der Waals surface area contributed by atoms with Crippen LogP contribution < -0.4 is 0 Å². The Balaban J connectivity index is 1.71. The predicted octanol–water partition coefficient (Wildman–Crippen LogP) is 2.65. The lowest BCUT2D eigenvalue weighted by molar-refractivity contribution is -0.128. The molecule has 1 spiro atoms. The van der Waals surface area contributed by atoms with E-state index in [1.807, 2.05) is 35.8 Å². The number of nitrogens with zero attached hydrogens (tertiary/aromatic N) is 2. The van der Waals surface area contributed by atoms with Crippen molar-refractivity contribution < 1.29 is 14.3 Å². The van der Waals surface area contributed by atoms with Crippen LogP contribution in [0.15, 0.2) is 18.2 Å². The molecule has 2 amide bonds. The Labute approximate surface area is 156 Å². The normalized spacial score (nSPS) is 22.1. The van der Waals surface area contributed by atoms with E-state index in [0.717, 1.165) is 50.1 Å². The number of rotatable bonds is 3. The Bertz CT molecular complexity index is 692. The largest absolute Gasteiger partial charge is 0.384 e. The second-order valence-electron chi connectivity index (χ2n) is 8.02. The molecule has 3 rings (SSSR count). The summed E-state index contributed by atoms with van der Waals surface area (Å²) in [4.78, 5) is 28.7. The van der Waals surface area contributed by atoms with Crippen LogP contribution in [0.4, 0.5) is 0 Å². The Kier molecular flexibility index (Phi) is 5.37. The summed E-state index contributed by atoms with van der Waals surface area (Å²) in [6.45, 7) is 9.42. The standard InChI is InChI=1S/C21H30N2O3/c1-15-5-6-19(16(2)11-15)20(25)22-9-7-21(8-10-22)14-23(17(3)24)12-18(21)13-26-4/h5-6,11,18H,7-10,12-14H2,1-4H3. The summed E-state index contributed by atoms with van der Waals surface area (Å²) in [5.41, 5.74) is 3.10. The van der Waals surface area contributed by atoms with Crippen LogP contribution in [0.25, 0.3) is 0 Å². The van der Waals surface area contributed by atoms with Crippen LogP contribution in [0.2, 0.25) is 0 Å². The number of carbonyl (C=O) groups excluding carboxylic acids is 2. The second kappa shape index (κ2) is 7.39. The Hall–Kier alpha value is -1.88. The predicted molar refractivity (Wildman–Crippen MR) is 101 cm³/mol. The third kappa shape index (κ3) is 3.50. The minimum Gasteiger partial charge on any atom is -0.384 e. The third-order valence-corrected chi connectivity index (χ3v) is 6.28. The fraction of sp³-hybridized carbons (Fsp3) is 0.619. The smallest absolute Gasteiger partial charge is 0.254 e. The maximum absolute atomic E-state index is 13.0. The zero-order valence-electron chi connectivity index (χ0n) is 16.4. The number of ether oxygens (including phenoxy) is 1. The van der Waals surface area contributed by atoms with Crippen LogP contribution in [-0.4, -0.2) is 61.5 Å². The number of likely N-dealkylation sites (tertiary alicyclic amines) is 2. The number of amides is 2. The molecule has 5 nitrogen and oxygen atoms in total. The maximum atomic E-state index is 13.0. The first-order valence-electron chi connectivity index (χ1n) is 9.47. The highest BCUT2D eigenvalue weighted by Crippen LogP contribution is 2.45. The highest BCUT2D eigenvalue weighted by molar-refractivity contribution is 5.95. The Morgan fingerprint density at radius 3 is 2.46 bits per heavy atom. The van der Waals surface area contributed by atoms with Gasteiger partial charge in [-0.15, -0.1) is 0 Å². The van der Waals surface area contributed by atoms with Crippen molar-refractivity contribution in [3.8, 4) is 0 Å². The molecule has 142 valence electrons. The molecule has 0 N–H and O–H groups in total. The molecular formula is C21H30N2O3. The first kappa shape index (κ1) is 18.9. The highest BCUT2D eigenvalue weighted by atomic mass is 16.5. The van der Waals surface area contributed by atoms with Crippen LogP contribution in [0.1, 0.15) is 41.3 Å². The number of aryl methyl sites for hydroxylation is 2. The van der Waals surface area contributed by atoms with Gasteiger partial charge in [0.1, 0.15) is 0 Å². The Morgan fingerprint density at radius 1 is 1.19 bits per heavy atom. The average Bonchev–Trinajstić information content (AvgIpc) is 2.94. The molecule has 0 aliphatic carbocycles. The van der Waals surface area contributed by atoms with E-state index < -0.39 is 0 Å². The monoisotopic (exact) mass is 358 g/mol. The fourth-order valence-corrected chi connectivity index (χ4v) is 4.65. The van der Waals surface area contributed by atoms with Crippen LogP contribution in [0.5, 0.6) is 0 Å². The van der Waals surface area contributed by atoms with Gasteiger partial charge < -0.3 is 14.5 Å². The summed E-state index contributed by atoms with van der Waals surface area (Å²) in [5.74, 6) is 0.619. The van der Waals surface area contributed by atoms with Gasteiger partial charge in [-0.1, -0.05) is 17.7 Å². The molecule has 0 radical (unpaired) electrons. The second-order valence-corrected chi connectivity index (χ2v) is 8.02. The van der Waals surface area contributed by atoms with Gasteiger partial charge in [0, 0.05) is 51.7 Å². The van der Waals surface area contributed by atoms with Gasteiger partial charge in [-0.25, -0.2) is 0 Å². The molecule has 2 fully saturated rings. The van der Waals surface area contributed by atoms with Crippen molar-refractivity contribution in [2.24, 2.45) is 11.3 Å². The number of hydrogen-bond donors (Lipinski definition) is 0. The van der Waals surface area contributed by atoms with E-state index >= 15 is 0 Å². The molecule has 2 aliphatic rings. The molecule has 2 heterocycles. The fourth-order valence-electron chi connectivity index (χ4n) is 4.65. The molecule has 1 atom stereocenters. The molecule has 0 bridgehead atoms. The molecule has 1 unspecified atom stereocenters. The SMILES string of the molecule is COCC1CN(C(C)=O)CC12CCN(C(=O)c1ccc(C)cc1C)CC2. The van der Waals surface area contributed by atoms with Crippen molar-refractivity contribution in [3.63, 3.8) is 0 Å². The lowest BCUT2D eigenvalue weighted by atomic mass is 9.71. The van der Waals surface area contributed by atoms with E-state index in [0.29, 0.717) is 12.5 Å². The zero-order valence-corrected chi connectivity index (χ0v) is 16.4. The molecule has 26 heavy (non-hydrogen) atoms. The van der Waals surface area contributed by atoms with Gasteiger partial charge in [0.15, 0.2) is 0 Å². The van der Waals surface area contributed by atoms with E-state index in [1.54, 1.807) is 14.0 Å². The molecular weight excluding hydrogens is 328 g/mol. The summed E-state index contributed by atoms with van der Waals surface area (Å²) in [6, 6.07) is 6.01. The van der Waals surface area contributed by atoms with E-state index in [2.05, 4.69) is 6.07 Å². The number of piperidine rings is 1. The lowest BCUT2D eigenvalue weighted by Crippen LogP contribution is -2.47. The van der Waals surface area contributed by atoms with E-state index in [4.69, 9.17) is 4.74 Å². The first-order chi connectivity index (χ1) is 12.4. The lowest BCUT2D eigenvalue weighted by Gasteiger charge is -2.42. The number of methoxy groups -OCH3 is 1. The van der Waals surface area contributed by atoms with Gasteiger partial charge in [0.05, 0.1) is 6.61 Å². The zero-order chi connectivity index (χ0) is 18.9. The quantitative estimate of drug-likeness (QED) is 0.835. The summed E-state index contributed by atoms with van der Waals surface area (Å²) >= 11 is 0. The van der Waals surface area contributed by atoms with Crippen LogP contribution in [0.3, 0.4) is 0 Å². The summed E-state index contributed by atoms with van der Waals surface area (Å²) < 4.78 is 5.43. The van der Waals surface area contributed by atoms with Crippen molar-refractivity contribution in [3.05, 3.63) is 34.9 Å². The van der Waals surface area contributed by atoms with Crippen molar-refractivity contribution in [1.82, 2.24) is 9.80 Å². The molecule has 2 aliphatic heterocycles. The minimum atomic E-state index is 0.0841. The van der Waals surface area contributed by atoms with Crippen molar-refractivity contribution in [2.75, 3.05) is 39.9 Å². The summed E-state index contributed by atoms with van der Waals surface area (Å²) in [5, 5.41) is 0. The molecule has 2 saturated heterocycles. The number of hydrogen-bond acceptors (Lipinski definition) is 3. The third-order valence-electron chi connectivity index (χ3n) is 6.28. The molecule has 0 aromatic heterocycles. The van der Waals surface area contributed by atoms with Crippen molar-refractivity contribution >= 4 is 11.8 Å². The summed E-state index contributed by atoms with van der Waals surface area (Å²) in [6.07, 6.45) is 1.86. The van der Waals surface area contributed by atoms with Crippen LogP contribution >= 0.6 is 0 Å². The van der Waals surface area contributed by atoms with E-state index in [1.165, 1.54) is 5.56 Å². The Morgan fingerprint density at radius 2 is 1.88 bits per heavy atom. The van der Waals surface area contributed by atoms with Gasteiger partial charge in [0.2, 0.25) is 5.91 Å².